The van der Waals surface area contributed by atoms with Crippen LogP contribution in [-0.2, 0) is 11.3 Å². The molecule has 0 radical (unpaired) electrons. The van der Waals surface area contributed by atoms with E-state index in [0.29, 0.717) is 24.6 Å². The number of nitrogens with zero attached hydrogens (tertiary/aromatic N) is 5. The third kappa shape index (κ3) is 3.79. The van der Waals surface area contributed by atoms with Crippen molar-refractivity contribution < 1.29 is 4.79 Å². The zero-order chi connectivity index (χ0) is 18.8. The predicted octanol–water partition coefficient (Wildman–Crippen LogP) is 1.35. The van der Waals surface area contributed by atoms with Crippen molar-refractivity contribution in [3.05, 3.63) is 64.7 Å². The fraction of sp³-hybridized carbons (Fsp3) is 0.316. The molecule has 0 aromatic carbocycles. The third-order valence-corrected chi connectivity index (χ3v) is 4.72. The van der Waals surface area contributed by atoms with E-state index in [1.165, 1.54) is 6.07 Å². The summed E-state index contributed by atoms with van der Waals surface area (Å²) in [5.41, 5.74) is 2.30. The zero-order valence-corrected chi connectivity index (χ0v) is 15.0. The minimum atomic E-state index is -0.191. The van der Waals surface area contributed by atoms with Gasteiger partial charge in [0.1, 0.15) is 12.4 Å². The Balaban J connectivity index is 1.49. The number of carbonyl (C=O) groups excluding carboxylic acids is 1. The predicted molar refractivity (Wildman–Crippen MR) is 99.0 cm³/mol. The molecule has 1 N–H and O–H groups in total. The molecule has 0 saturated carbocycles. The fourth-order valence-corrected chi connectivity index (χ4v) is 3.34. The van der Waals surface area contributed by atoms with Gasteiger partial charge in [-0.15, -0.1) is 0 Å². The first kappa shape index (κ1) is 17.1. The van der Waals surface area contributed by atoms with Crippen molar-refractivity contribution >= 4 is 5.91 Å². The molecule has 0 aliphatic carbocycles. The average molecular weight is 364 g/mol. The van der Waals surface area contributed by atoms with E-state index >= 15 is 0 Å². The van der Waals surface area contributed by atoms with Crippen molar-refractivity contribution in [2.45, 2.75) is 25.8 Å². The first-order valence-electron chi connectivity index (χ1n) is 8.87. The summed E-state index contributed by atoms with van der Waals surface area (Å²) in [5.74, 6) is 0.663. The summed E-state index contributed by atoms with van der Waals surface area (Å²) < 4.78 is 1.65. The number of hydrogen-bond acceptors (Lipinski definition) is 5. The zero-order valence-electron chi connectivity index (χ0n) is 15.0. The second kappa shape index (κ2) is 7.14. The molecule has 27 heavy (non-hydrogen) atoms. The Labute approximate surface area is 155 Å². The number of H-pyrrole nitrogens is 1. The number of carbonyl (C=O) groups is 1. The van der Waals surface area contributed by atoms with Gasteiger partial charge in [-0.25, -0.2) is 4.98 Å². The first-order chi connectivity index (χ1) is 13.1. The van der Waals surface area contributed by atoms with Crippen molar-refractivity contribution in [3.63, 3.8) is 0 Å². The van der Waals surface area contributed by atoms with Gasteiger partial charge in [0.15, 0.2) is 0 Å². The molecule has 1 saturated heterocycles. The number of nitrogens with one attached hydrogen (secondary N) is 1. The van der Waals surface area contributed by atoms with Crippen LogP contribution in [0.4, 0.5) is 0 Å². The summed E-state index contributed by atoms with van der Waals surface area (Å²) in [7, 11) is 0. The van der Waals surface area contributed by atoms with E-state index in [9.17, 15) is 9.59 Å². The van der Waals surface area contributed by atoms with Crippen LogP contribution in [0.3, 0.4) is 0 Å². The molecule has 1 atom stereocenters. The molecule has 0 unspecified atom stereocenters. The van der Waals surface area contributed by atoms with Crippen molar-refractivity contribution in [3.8, 4) is 11.3 Å². The average Bonchev–Trinajstić information content (AvgIpc) is 3.31. The molecule has 0 bridgehead atoms. The maximum absolute atomic E-state index is 12.5. The number of likely N-dealkylation sites (tertiary alicyclic amines) is 1. The van der Waals surface area contributed by atoms with Gasteiger partial charge in [-0.3, -0.25) is 19.3 Å². The van der Waals surface area contributed by atoms with E-state index in [4.69, 9.17) is 0 Å². The number of aryl methyl sites for hydroxylation is 1. The first-order valence-corrected chi connectivity index (χ1v) is 8.87. The molecule has 1 aliphatic rings. The lowest BCUT2D eigenvalue weighted by Crippen LogP contribution is -2.32. The van der Waals surface area contributed by atoms with E-state index in [1.54, 1.807) is 28.2 Å². The Bertz CT molecular complexity index is 1010. The Morgan fingerprint density at radius 3 is 2.89 bits per heavy atom. The van der Waals surface area contributed by atoms with Crippen LogP contribution >= 0.6 is 0 Å². The summed E-state index contributed by atoms with van der Waals surface area (Å²) in [6.45, 7) is 3.36. The fourth-order valence-electron chi connectivity index (χ4n) is 3.34. The lowest BCUT2D eigenvalue weighted by Gasteiger charge is -2.16. The highest BCUT2D eigenvalue weighted by molar-refractivity contribution is 5.76. The van der Waals surface area contributed by atoms with Crippen LogP contribution < -0.4 is 5.56 Å². The minimum Gasteiger partial charge on any atom is -0.340 e. The van der Waals surface area contributed by atoms with Crippen molar-refractivity contribution in [1.29, 1.82) is 0 Å². The van der Waals surface area contributed by atoms with Crippen molar-refractivity contribution in [2.75, 3.05) is 13.1 Å². The molecule has 4 rings (SSSR count). The van der Waals surface area contributed by atoms with Gasteiger partial charge in [0, 0.05) is 49.2 Å². The van der Waals surface area contributed by atoms with Gasteiger partial charge < -0.3 is 9.88 Å². The van der Waals surface area contributed by atoms with Crippen molar-refractivity contribution in [2.24, 2.45) is 0 Å². The normalized spacial score (nSPS) is 16.6. The standard InChI is InChI=1S/C19H20N6O2/c1-13-9-21-25(10-13)12-18(27)24-7-4-15(11-24)19-22-16(8-17(26)23-19)14-2-5-20-6-3-14/h2-3,5-6,8-10,15H,4,7,11-12H2,1H3,(H,22,23,26)/t15-/m0/s1. The molecule has 8 nitrogen and oxygen atoms in total. The molecule has 8 heteroatoms. The van der Waals surface area contributed by atoms with Gasteiger partial charge in [0.2, 0.25) is 5.91 Å². The van der Waals surface area contributed by atoms with Gasteiger partial charge in [0.05, 0.1) is 11.9 Å². The van der Waals surface area contributed by atoms with Gasteiger partial charge >= 0.3 is 0 Å². The topological polar surface area (TPSA) is 96.8 Å². The number of aromatic amines is 1. The molecule has 3 aromatic rings. The van der Waals surface area contributed by atoms with E-state index in [-0.39, 0.29) is 23.9 Å². The Hall–Kier alpha value is -3.29. The molecule has 0 spiro atoms. The number of amides is 1. The van der Waals surface area contributed by atoms with E-state index in [2.05, 4.69) is 20.1 Å². The summed E-state index contributed by atoms with van der Waals surface area (Å²) >= 11 is 0. The molecule has 1 fully saturated rings. The SMILES string of the molecule is Cc1cnn(CC(=O)N2CC[C@H](c3nc(-c4ccncc4)cc(=O)[nH]3)C2)c1. The van der Waals surface area contributed by atoms with Gasteiger partial charge in [0.25, 0.3) is 5.56 Å². The number of hydrogen-bond donors (Lipinski definition) is 1. The molecule has 1 aliphatic heterocycles. The molecule has 4 heterocycles. The molecular formula is C19H20N6O2. The van der Waals surface area contributed by atoms with Gasteiger partial charge in [-0.1, -0.05) is 0 Å². The second-order valence-electron chi connectivity index (χ2n) is 6.79. The summed E-state index contributed by atoms with van der Waals surface area (Å²) in [6.07, 6.45) is 7.70. The lowest BCUT2D eigenvalue weighted by molar-refractivity contribution is -0.131. The highest BCUT2D eigenvalue weighted by Crippen LogP contribution is 2.25. The smallest absolute Gasteiger partial charge is 0.251 e. The Morgan fingerprint density at radius 1 is 1.33 bits per heavy atom. The number of pyridine rings is 1. The van der Waals surface area contributed by atoms with Crippen molar-refractivity contribution in [1.82, 2.24) is 29.6 Å². The van der Waals surface area contributed by atoms with Crippen LogP contribution in [0, 0.1) is 6.92 Å². The lowest BCUT2D eigenvalue weighted by atomic mass is 10.1. The number of aromatic nitrogens is 5. The van der Waals surface area contributed by atoms with E-state index in [1.807, 2.05) is 25.3 Å². The van der Waals surface area contributed by atoms with Crippen LogP contribution in [-0.4, -0.2) is 48.6 Å². The maximum Gasteiger partial charge on any atom is 0.251 e. The minimum absolute atomic E-state index is 0.0165. The molecule has 138 valence electrons. The van der Waals surface area contributed by atoms with E-state index < -0.39 is 0 Å². The summed E-state index contributed by atoms with van der Waals surface area (Å²) in [4.78, 5) is 37.9. The third-order valence-electron chi connectivity index (χ3n) is 4.72. The van der Waals surface area contributed by atoms with Crippen LogP contribution in [0.15, 0.2) is 47.8 Å². The molecule has 3 aromatic heterocycles. The monoisotopic (exact) mass is 364 g/mol. The Morgan fingerprint density at radius 2 is 2.15 bits per heavy atom. The number of rotatable bonds is 4. The molecular weight excluding hydrogens is 344 g/mol. The van der Waals surface area contributed by atoms with Crippen LogP contribution in [0.5, 0.6) is 0 Å². The highest BCUT2D eigenvalue weighted by atomic mass is 16.2. The van der Waals surface area contributed by atoms with Crippen LogP contribution in [0.25, 0.3) is 11.3 Å². The highest BCUT2D eigenvalue weighted by Gasteiger charge is 2.29. The van der Waals surface area contributed by atoms with Gasteiger partial charge in [-0.2, -0.15) is 5.10 Å². The maximum atomic E-state index is 12.5. The second-order valence-corrected chi connectivity index (χ2v) is 6.79. The molecule has 1 amide bonds. The van der Waals surface area contributed by atoms with Gasteiger partial charge in [-0.05, 0) is 31.0 Å². The summed E-state index contributed by atoms with van der Waals surface area (Å²) in [5, 5.41) is 4.17. The summed E-state index contributed by atoms with van der Waals surface area (Å²) in [6, 6.07) is 5.13. The van der Waals surface area contributed by atoms with Crippen LogP contribution in [0.2, 0.25) is 0 Å². The van der Waals surface area contributed by atoms with E-state index in [0.717, 1.165) is 17.5 Å². The Kier molecular flexibility index (Phi) is 4.53. The largest absolute Gasteiger partial charge is 0.340 e. The van der Waals surface area contributed by atoms with Crippen LogP contribution in [0.1, 0.15) is 23.7 Å². The quantitative estimate of drug-likeness (QED) is 0.754.